The summed E-state index contributed by atoms with van der Waals surface area (Å²) in [6.45, 7) is 3.37. The van der Waals surface area contributed by atoms with Crippen LogP contribution in [-0.4, -0.2) is 23.2 Å². The number of aliphatic hydroxyl groups excluding tert-OH is 1. The molecule has 0 aliphatic heterocycles. The first-order valence-corrected chi connectivity index (χ1v) is 5.91. The van der Waals surface area contributed by atoms with Gasteiger partial charge in [0.2, 0.25) is 0 Å². The van der Waals surface area contributed by atoms with E-state index in [0.717, 1.165) is 0 Å². The van der Waals surface area contributed by atoms with Crippen molar-refractivity contribution >= 4 is 33.4 Å². The van der Waals surface area contributed by atoms with Crippen LogP contribution in [0.4, 0.5) is 0 Å². The van der Waals surface area contributed by atoms with Gasteiger partial charge < -0.3 is 10.4 Å². The van der Waals surface area contributed by atoms with E-state index in [-0.39, 0.29) is 12.5 Å². The van der Waals surface area contributed by atoms with Crippen molar-refractivity contribution in [2.45, 2.75) is 19.4 Å². The number of hydrogen-bond donors (Lipinski definition) is 2. The summed E-state index contributed by atoms with van der Waals surface area (Å²) < 4.78 is 0.631. The fraction of sp³-hybridized carbons (Fsp3) is 0.364. The van der Waals surface area contributed by atoms with Crippen LogP contribution in [0.5, 0.6) is 0 Å². The zero-order valence-electron chi connectivity index (χ0n) is 9.05. The minimum Gasteiger partial charge on any atom is -0.394 e. The summed E-state index contributed by atoms with van der Waals surface area (Å²) in [5, 5.41) is 12.3. The van der Waals surface area contributed by atoms with Gasteiger partial charge in [0.1, 0.15) is 0 Å². The first-order valence-electron chi connectivity index (χ1n) is 4.74. The third kappa shape index (κ3) is 3.47. The molecule has 0 spiro atoms. The summed E-state index contributed by atoms with van der Waals surface area (Å²) in [4.78, 5) is 11.9. The summed E-state index contributed by atoms with van der Waals surface area (Å²) in [7, 11) is 0. The molecule has 1 aromatic rings. The molecule has 0 saturated heterocycles. The molecule has 0 unspecified atom stereocenters. The maximum absolute atomic E-state index is 11.9. The molecule has 0 aromatic heterocycles. The third-order valence-corrected chi connectivity index (χ3v) is 2.91. The van der Waals surface area contributed by atoms with Crippen molar-refractivity contribution < 1.29 is 9.90 Å². The van der Waals surface area contributed by atoms with Crippen LogP contribution in [0.1, 0.15) is 24.2 Å². The van der Waals surface area contributed by atoms with Crippen molar-refractivity contribution in [3.8, 4) is 0 Å². The average Bonchev–Trinajstić information content (AvgIpc) is 2.16. The predicted octanol–water partition coefficient (Wildman–Crippen LogP) is 2.60. The van der Waals surface area contributed by atoms with Gasteiger partial charge in [-0.05, 0) is 48.0 Å². The third-order valence-electron chi connectivity index (χ3n) is 2.02. The van der Waals surface area contributed by atoms with Crippen LogP contribution in [-0.2, 0) is 0 Å². The number of hydrogen-bond acceptors (Lipinski definition) is 2. The zero-order valence-corrected chi connectivity index (χ0v) is 11.4. The Balaban J connectivity index is 2.89. The molecule has 0 aliphatic rings. The first kappa shape index (κ1) is 13.5. The highest BCUT2D eigenvalue weighted by Crippen LogP contribution is 2.21. The second-order valence-corrected chi connectivity index (χ2v) is 5.41. The molecular weight excluding hydrogens is 293 g/mol. The van der Waals surface area contributed by atoms with Gasteiger partial charge in [-0.3, -0.25) is 4.79 Å². The first-order chi connectivity index (χ1) is 7.35. The lowest BCUT2D eigenvalue weighted by Gasteiger charge is -2.23. The molecule has 1 aromatic carbocycles. The van der Waals surface area contributed by atoms with Gasteiger partial charge in [-0.1, -0.05) is 11.6 Å². The van der Waals surface area contributed by atoms with E-state index in [1.165, 1.54) is 0 Å². The maximum Gasteiger partial charge on any atom is 0.252 e. The molecule has 0 radical (unpaired) electrons. The molecule has 1 amide bonds. The number of amides is 1. The van der Waals surface area contributed by atoms with Crippen molar-refractivity contribution in [2.75, 3.05) is 6.61 Å². The molecule has 2 N–H and O–H groups in total. The highest BCUT2D eigenvalue weighted by Gasteiger charge is 2.21. The van der Waals surface area contributed by atoms with Gasteiger partial charge in [0.05, 0.1) is 17.7 Å². The fourth-order valence-electron chi connectivity index (χ4n) is 1.09. The van der Waals surface area contributed by atoms with Crippen LogP contribution < -0.4 is 5.32 Å². The van der Waals surface area contributed by atoms with Crippen LogP contribution in [0.2, 0.25) is 5.02 Å². The molecule has 16 heavy (non-hydrogen) atoms. The lowest BCUT2D eigenvalue weighted by molar-refractivity contribution is 0.0868. The Bertz CT molecular complexity index is 407. The van der Waals surface area contributed by atoms with Crippen LogP contribution in [0.3, 0.4) is 0 Å². The fourth-order valence-corrected chi connectivity index (χ4v) is 1.95. The molecule has 0 aliphatic carbocycles. The van der Waals surface area contributed by atoms with Crippen molar-refractivity contribution in [2.24, 2.45) is 0 Å². The molecule has 1 rings (SSSR count). The van der Waals surface area contributed by atoms with E-state index >= 15 is 0 Å². The predicted molar refractivity (Wildman–Crippen MR) is 67.8 cm³/mol. The van der Waals surface area contributed by atoms with Crippen LogP contribution in [0.15, 0.2) is 22.7 Å². The molecule has 0 saturated carbocycles. The topological polar surface area (TPSA) is 49.3 Å². The Morgan fingerprint density at radius 3 is 2.69 bits per heavy atom. The number of aliphatic hydroxyl groups is 1. The van der Waals surface area contributed by atoms with E-state index in [0.29, 0.717) is 15.1 Å². The lowest BCUT2D eigenvalue weighted by Crippen LogP contribution is -2.46. The highest BCUT2D eigenvalue weighted by atomic mass is 79.9. The molecule has 0 fully saturated rings. The Morgan fingerprint density at radius 1 is 1.56 bits per heavy atom. The van der Waals surface area contributed by atoms with Crippen molar-refractivity contribution in [1.82, 2.24) is 5.32 Å². The van der Waals surface area contributed by atoms with Gasteiger partial charge in [0.25, 0.3) is 5.91 Å². The largest absolute Gasteiger partial charge is 0.394 e. The Hall–Kier alpha value is -0.580. The van der Waals surface area contributed by atoms with Crippen LogP contribution in [0.25, 0.3) is 0 Å². The van der Waals surface area contributed by atoms with E-state index in [9.17, 15) is 4.79 Å². The minimum absolute atomic E-state index is 0.121. The molecule has 0 bridgehead atoms. The maximum atomic E-state index is 11.9. The van der Waals surface area contributed by atoms with E-state index in [2.05, 4.69) is 21.2 Å². The summed E-state index contributed by atoms with van der Waals surface area (Å²) >= 11 is 9.05. The molecular formula is C11H13BrClNO2. The highest BCUT2D eigenvalue weighted by molar-refractivity contribution is 9.10. The normalized spacial score (nSPS) is 11.3. The second-order valence-electron chi connectivity index (χ2n) is 4.12. The Morgan fingerprint density at radius 2 is 2.19 bits per heavy atom. The quantitative estimate of drug-likeness (QED) is 0.902. The monoisotopic (exact) mass is 305 g/mol. The van der Waals surface area contributed by atoms with E-state index in [1.807, 2.05) is 0 Å². The number of benzene rings is 1. The average molecular weight is 307 g/mol. The molecule has 88 valence electrons. The van der Waals surface area contributed by atoms with Crippen molar-refractivity contribution in [3.05, 3.63) is 33.3 Å². The van der Waals surface area contributed by atoms with Gasteiger partial charge >= 0.3 is 0 Å². The Labute approximate surface area is 108 Å². The lowest BCUT2D eigenvalue weighted by atomic mass is 10.1. The number of rotatable bonds is 3. The van der Waals surface area contributed by atoms with Gasteiger partial charge in [-0.2, -0.15) is 0 Å². The van der Waals surface area contributed by atoms with Gasteiger partial charge in [0, 0.05) is 9.50 Å². The van der Waals surface area contributed by atoms with E-state index in [4.69, 9.17) is 16.7 Å². The smallest absolute Gasteiger partial charge is 0.252 e. The van der Waals surface area contributed by atoms with Gasteiger partial charge in [0.15, 0.2) is 0 Å². The number of carbonyl (C=O) groups is 1. The molecule has 0 heterocycles. The van der Waals surface area contributed by atoms with Crippen LogP contribution in [0, 0.1) is 0 Å². The summed E-state index contributed by atoms with van der Waals surface area (Å²) in [5.41, 5.74) is -0.151. The van der Waals surface area contributed by atoms with Gasteiger partial charge in [-0.15, -0.1) is 0 Å². The Kier molecular flexibility index (Phi) is 4.35. The second kappa shape index (κ2) is 5.17. The minimum atomic E-state index is -0.643. The molecule has 0 atom stereocenters. The SMILES string of the molecule is CC(C)(CO)NC(=O)c1ccc(Cl)cc1Br. The van der Waals surface area contributed by atoms with E-state index in [1.54, 1.807) is 32.0 Å². The number of carbonyl (C=O) groups excluding carboxylic acids is 1. The summed E-state index contributed by atoms with van der Waals surface area (Å²) in [6.07, 6.45) is 0. The van der Waals surface area contributed by atoms with Crippen LogP contribution >= 0.6 is 27.5 Å². The number of halogens is 2. The standard InChI is InChI=1S/C11H13BrClNO2/c1-11(2,6-15)14-10(16)8-4-3-7(13)5-9(8)12/h3-5,15H,6H2,1-2H3,(H,14,16). The van der Waals surface area contributed by atoms with Crippen molar-refractivity contribution in [1.29, 1.82) is 0 Å². The molecule has 3 nitrogen and oxygen atoms in total. The number of nitrogens with one attached hydrogen (secondary N) is 1. The van der Waals surface area contributed by atoms with Crippen molar-refractivity contribution in [3.63, 3.8) is 0 Å². The summed E-state index contributed by atoms with van der Waals surface area (Å²) in [6, 6.07) is 4.94. The zero-order chi connectivity index (χ0) is 12.3. The molecule has 5 heteroatoms. The van der Waals surface area contributed by atoms with E-state index < -0.39 is 5.54 Å². The van der Waals surface area contributed by atoms with Gasteiger partial charge in [-0.25, -0.2) is 0 Å². The summed E-state index contributed by atoms with van der Waals surface area (Å²) in [5.74, 6) is -0.248.